The molecule has 2 heterocycles. The van der Waals surface area contributed by atoms with Crippen LogP contribution in [0, 0.1) is 11.6 Å². The molecular weight excluding hydrogens is 390 g/mol. The van der Waals surface area contributed by atoms with Gasteiger partial charge in [-0.05, 0) is 60.9 Å². The minimum atomic E-state index is -0.738. The average molecular weight is 412 g/mol. The molecular formula is C22H22F2N4O2. The maximum Gasteiger partial charge on any atom is 0.254 e. The summed E-state index contributed by atoms with van der Waals surface area (Å²) in [7, 11) is 1.62. The Bertz CT molecular complexity index is 1040. The third-order valence-corrected chi connectivity index (χ3v) is 5.22. The first-order valence-electron chi connectivity index (χ1n) is 9.74. The smallest absolute Gasteiger partial charge is 0.254 e. The van der Waals surface area contributed by atoms with Crippen LogP contribution in [0.1, 0.15) is 23.2 Å². The van der Waals surface area contributed by atoms with E-state index in [-0.39, 0.29) is 11.6 Å². The Balaban J connectivity index is 1.43. The second kappa shape index (κ2) is 8.52. The highest BCUT2D eigenvalue weighted by Crippen LogP contribution is 2.26. The van der Waals surface area contributed by atoms with Crippen molar-refractivity contribution in [2.75, 3.05) is 25.1 Å². The fraction of sp³-hybridized carbons (Fsp3) is 0.273. The summed E-state index contributed by atoms with van der Waals surface area (Å²) in [6, 6.07) is 12.3. The van der Waals surface area contributed by atoms with Crippen molar-refractivity contribution in [2.45, 2.75) is 18.9 Å². The second-order valence-corrected chi connectivity index (χ2v) is 7.25. The zero-order valence-electron chi connectivity index (χ0n) is 16.5. The van der Waals surface area contributed by atoms with Crippen LogP contribution < -0.4 is 15.0 Å². The van der Waals surface area contributed by atoms with Crippen LogP contribution >= 0.6 is 0 Å². The largest absolute Gasteiger partial charge is 0.497 e. The van der Waals surface area contributed by atoms with Gasteiger partial charge in [0.1, 0.15) is 17.4 Å². The number of aromatic nitrogens is 2. The summed E-state index contributed by atoms with van der Waals surface area (Å²) >= 11 is 0. The molecule has 4 rings (SSSR count). The van der Waals surface area contributed by atoms with Crippen LogP contribution in [0.4, 0.5) is 14.6 Å². The van der Waals surface area contributed by atoms with Crippen LogP contribution in [0.2, 0.25) is 0 Å². The van der Waals surface area contributed by atoms with E-state index in [2.05, 4.69) is 20.4 Å². The number of aromatic amines is 1. The van der Waals surface area contributed by atoms with Crippen LogP contribution in [-0.4, -0.2) is 42.3 Å². The van der Waals surface area contributed by atoms with E-state index >= 15 is 0 Å². The third-order valence-electron chi connectivity index (χ3n) is 5.22. The SMILES string of the molecule is COc1ccc(-c2cc(N3CCCC(NC(=O)c4cc(F)ccc4F)C3)n[nH]2)cc1. The molecule has 30 heavy (non-hydrogen) atoms. The first kappa shape index (κ1) is 19.9. The summed E-state index contributed by atoms with van der Waals surface area (Å²) in [4.78, 5) is 14.5. The van der Waals surface area contributed by atoms with E-state index in [0.29, 0.717) is 6.54 Å². The van der Waals surface area contributed by atoms with Crippen molar-refractivity contribution in [3.63, 3.8) is 0 Å². The number of hydrogen-bond acceptors (Lipinski definition) is 4. The van der Waals surface area contributed by atoms with Crippen molar-refractivity contribution < 1.29 is 18.3 Å². The number of ether oxygens (including phenoxy) is 1. The Hall–Kier alpha value is -3.42. The molecule has 1 atom stereocenters. The lowest BCUT2D eigenvalue weighted by Crippen LogP contribution is -2.48. The normalized spacial score (nSPS) is 16.4. The first-order valence-corrected chi connectivity index (χ1v) is 9.74. The number of methoxy groups -OCH3 is 1. The topological polar surface area (TPSA) is 70.2 Å². The monoisotopic (exact) mass is 412 g/mol. The molecule has 1 fully saturated rings. The van der Waals surface area contributed by atoms with Gasteiger partial charge in [0.05, 0.1) is 18.4 Å². The van der Waals surface area contributed by atoms with E-state index in [4.69, 9.17) is 4.74 Å². The minimum absolute atomic E-state index is 0.185. The van der Waals surface area contributed by atoms with Crippen LogP contribution in [0.3, 0.4) is 0 Å². The van der Waals surface area contributed by atoms with Gasteiger partial charge in [-0.25, -0.2) is 8.78 Å². The molecule has 0 radical (unpaired) electrons. The van der Waals surface area contributed by atoms with E-state index < -0.39 is 17.5 Å². The highest BCUT2D eigenvalue weighted by Gasteiger charge is 2.24. The van der Waals surface area contributed by atoms with E-state index in [1.807, 2.05) is 30.3 Å². The fourth-order valence-corrected chi connectivity index (χ4v) is 3.63. The number of rotatable bonds is 5. The van der Waals surface area contributed by atoms with Crippen molar-refractivity contribution in [2.24, 2.45) is 0 Å². The Labute approximate surface area is 172 Å². The number of H-pyrrole nitrogens is 1. The zero-order valence-corrected chi connectivity index (χ0v) is 16.5. The molecule has 1 saturated heterocycles. The number of piperidine rings is 1. The number of hydrogen-bond donors (Lipinski definition) is 2. The Morgan fingerprint density at radius 2 is 2.00 bits per heavy atom. The molecule has 1 aliphatic rings. The summed E-state index contributed by atoms with van der Waals surface area (Å²) < 4.78 is 32.4. The Morgan fingerprint density at radius 1 is 1.20 bits per heavy atom. The van der Waals surface area contributed by atoms with Crippen molar-refractivity contribution >= 4 is 11.7 Å². The zero-order chi connectivity index (χ0) is 21.1. The predicted octanol–water partition coefficient (Wildman–Crippen LogP) is 3.76. The van der Waals surface area contributed by atoms with Gasteiger partial charge in [0.2, 0.25) is 0 Å². The minimum Gasteiger partial charge on any atom is -0.497 e. The van der Waals surface area contributed by atoms with Gasteiger partial charge >= 0.3 is 0 Å². The summed E-state index contributed by atoms with van der Waals surface area (Å²) in [5.41, 5.74) is 1.58. The molecule has 0 spiro atoms. The highest BCUT2D eigenvalue weighted by molar-refractivity contribution is 5.94. The summed E-state index contributed by atoms with van der Waals surface area (Å²) in [5, 5.41) is 10.3. The maximum atomic E-state index is 13.9. The number of benzene rings is 2. The van der Waals surface area contributed by atoms with E-state index in [9.17, 15) is 13.6 Å². The lowest BCUT2D eigenvalue weighted by Gasteiger charge is -2.33. The Kier molecular flexibility index (Phi) is 5.65. The van der Waals surface area contributed by atoms with Gasteiger partial charge in [0.25, 0.3) is 5.91 Å². The van der Waals surface area contributed by atoms with Gasteiger partial charge in [0.15, 0.2) is 5.82 Å². The average Bonchev–Trinajstić information content (AvgIpc) is 3.26. The molecule has 1 unspecified atom stereocenters. The molecule has 0 saturated carbocycles. The second-order valence-electron chi connectivity index (χ2n) is 7.25. The fourth-order valence-electron chi connectivity index (χ4n) is 3.63. The number of nitrogens with zero attached hydrogens (tertiary/aromatic N) is 2. The van der Waals surface area contributed by atoms with E-state index in [1.165, 1.54) is 0 Å². The molecule has 2 N–H and O–H groups in total. The lowest BCUT2D eigenvalue weighted by atomic mass is 10.0. The quantitative estimate of drug-likeness (QED) is 0.670. The molecule has 1 aliphatic heterocycles. The molecule has 156 valence electrons. The molecule has 6 nitrogen and oxygen atoms in total. The van der Waals surface area contributed by atoms with Crippen LogP contribution in [0.5, 0.6) is 5.75 Å². The van der Waals surface area contributed by atoms with Crippen molar-refractivity contribution in [1.29, 1.82) is 0 Å². The van der Waals surface area contributed by atoms with Crippen LogP contribution in [0.15, 0.2) is 48.5 Å². The highest BCUT2D eigenvalue weighted by atomic mass is 19.1. The van der Waals surface area contributed by atoms with Gasteiger partial charge in [-0.1, -0.05) is 0 Å². The molecule has 3 aromatic rings. The number of anilines is 1. The van der Waals surface area contributed by atoms with Crippen LogP contribution in [-0.2, 0) is 0 Å². The van der Waals surface area contributed by atoms with Crippen molar-refractivity contribution in [3.8, 4) is 17.0 Å². The Morgan fingerprint density at radius 3 is 2.77 bits per heavy atom. The molecule has 0 bridgehead atoms. The van der Waals surface area contributed by atoms with Gasteiger partial charge in [-0.2, -0.15) is 5.10 Å². The number of carbonyl (C=O) groups excluding carboxylic acids is 1. The van der Waals surface area contributed by atoms with Gasteiger partial charge in [-0.3, -0.25) is 9.89 Å². The molecule has 0 aliphatic carbocycles. The molecule has 2 aromatic carbocycles. The standard InChI is InChI=1S/C22H22F2N4O2/c1-30-17-7-4-14(5-8-17)20-12-21(27-26-20)28-10-2-3-16(13-28)25-22(29)18-11-15(23)6-9-19(18)24/h4-9,11-12,16H,2-3,10,13H2,1H3,(H,25,29)(H,26,27). The number of nitrogens with one attached hydrogen (secondary N) is 2. The molecule has 8 heteroatoms. The number of amides is 1. The summed E-state index contributed by atoms with van der Waals surface area (Å²) in [6.07, 6.45) is 1.61. The van der Waals surface area contributed by atoms with E-state index in [0.717, 1.165) is 60.4 Å². The van der Waals surface area contributed by atoms with Gasteiger partial charge in [-0.15, -0.1) is 0 Å². The summed E-state index contributed by atoms with van der Waals surface area (Å²) in [5.74, 6) is -0.438. The van der Waals surface area contributed by atoms with Gasteiger partial charge in [0, 0.05) is 25.2 Å². The number of carbonyl (C=O) groups is 1. The predicted molar refractivity (Wildman–Crippen MR) is 110 cm³/mol. The van der Waals surface area contributed by atoms with Crippen LogP contribution in [0.25, 0.3) is 11.3 Å². The molecule has 1 aromatic heterocycles. The van der Waals surface area contributed by atoms with Crippen molar-refractivity contribution in [1.82, 2.24) is 15.5 Å². The van der Waals surface area contributed by atoms with Gasteiger partial charge < -0.3 is 15.0 Å². The lowest BCUT2D eigenvalue weighted by molar-refractivity contribution is 0.0928. The third kappa shape index (κ3) is 4.27. The number of halogens is 2. The molecule has 1 amide bonds. The summed E-state index contributed by atoms with van der Waals surface area (Å²) in [6.45, 7) is 1.34. The maximum absolute atomic E-state index is 13.9. The van der Waals surface area contributed by atoms with E-state index in [1.54, 1.807) is 7.11 Å². The van der Waals surface area contributed by atoms with Crippen molar-refractivity contribution in [3.05, 3.63) is 65.7 Å². The first-order chi connectivity index (χ1) is 14.5.